The van der Waals surface area contributed by atoms with Gasteiger partial charge in [0.2, 0.25) is 0 Å². The van der Waals surface area contributed by atoms with Crippen molar-refractivity contribution in [1.82, 2.24) is 5.32 Å². The third-order valence-corrected chi connectivity index (χ3v) is 2.56. The normalized spacial score (nSPS) is 20.4. The molecule has 1 atom stereocenters. The van der Waals surface area contributed by atoms with Gasteiger partial charge in [-0.3, -0.25) is 4.79 Å². The smallest absolute Gasteiger partial charge is 0.255 e. The first-order chi connectivity index (χ1) is 6.66. The van der Waals surface area contributed by atoms with E-state index in [1.54, 1.807) is 6.07 Å². The van der Waals surface area contributed by atoms with Gasteiger partial charge in [-0.05, 0) is 25.1 Å². The van der Waals surface area contributed by atoms with Gasteiger partial charge in [0, 0.05) is 4.47 Å². The third-order valence-electron chi connectivity index (χ3n) is 2.07. The minimum absolute atomic E-state index is 0.00880. The molecule has 0 aromatic heterocycles. The lowest BCUT2D eigenvalue weighted by atomic mass is 10.2. The van der Waals surface area contributed by atoms with Crippen molar-refractivity contribution < 1.29 is 9.53 Å². The van der Waals surface area contributed by atoms with E-state index in [1.807, 2.05) is 19.1 Å². The van der Waals surface area contributed by atoms with Crippen LogP contribution in [0.1, 0.15) is 17.3 Å². The molecule has 0 saturated heterocycles. The molecule has 0 bridgehead atoms. The lowest BCUT2D eigenvalue weighted by Gasteiger charge is -2.11. The predicted octanol–water partition coefficient (Wildman–Crippen LogP) is 1.96. The molecule has 1 aliphatic rings. The van der Waals surface area contributed by atoms with Crippen molar-refractivity contribution in [2.24, 2.45) is 0 Å². The van der Waals surface area contributed by atoms with Gasteiger partial charge < -0.3 is 10.1 Å². The highest BCUT2D eigenvalue weighted by molar-refractivity contribution is 9.10. The van der Waals surface area contributed by atoms with E-state index in [0.717, 1.165) is 4.47 Å². The standard InChI is InChI=1S/C10H10BrNO2/c1-6-5-12-10(13)8-3-2-7(11)4-9(8)14-6/h2-4,6H,5H2,1H3,(H,12,13)/t6-/m0/s1. The van der Waals surface area contributed by atoms with Gasteiger partial charge in [0.15, 0.2) is 0 Å². The lowest BCUT2D eigenvalue weighted by Crippen LogP contribution is -2.29. The van der Waals surface area contributed by atoms with E-state index in [-0.39, 0.29) is 12.0 Å². The van der Waals surface area contributed by atoms with Crippen LogP contribution in [0.25, 0.3) is 0 Å². The highest BCUT2D eigenvalue weighted by Crippen LogP contribution is 2.25. The first-order valence-electron chi connectivity index (χ1n) is 4.41. The Morgan fingerprint density at radius 1 is 1.57 bits per heavy atom. The summed E-state index contributed by atoms with van der Waals surface area (Å²) in [7, 11) is 0. The van der Waals surface area contributed by atoms with Crippen molar-refractivity contribution in [2.45, 2.75) is 13.0 Å². The zero-order valence-corrected chi connectivity index (χ0v) is 9.30. The summed E-state index contributed by atoms with van der Waals surface area (Å²) in [5, 5.41) is 2.79. The van der Waals surface area contributed by atoms with E-state index >= 15 is 0 Å². The van der Waals surface area contributed by atoms with Crippen LogP contribution in [0, 0.1) is 0 Å². The fourth-order valence-electron chi connectivity index (χ4n) is 1.37. The largest absolute Gasteiger partial charge is 0.488 e. The molecule has 74 valence electrons. The van der Waals surface area contributed by atoms with Crippen LogP contribution in [0.4, 0.5) is 0 Å². The molecule has 0 saturated carbocycles. The first-order valence-corrected chi connectivity index (χ1v) is 5.20. The summed E-state index contributed by atoms with van der Waals surface area (Å²) in [6.45, 7) is 2.47. The quantitative estimate of drug-likeness (QED) is 0.770. The Kier molecular flexibility index (Phi) is 2.46. The molecule has 1 aliphatic heterocycles. The van der Waals surface area contributed by atoms with E-state index in [1.165, 1.54) is 0 Å². The molecular formula is C10H10BrNO2. The van der Waals surface area contributed by atoms with Crippen LogP contribution in [0.15, 0.2) is 22.7 Å². The van der Waals surface area contributed by atoms with Crippen LogP contribution in [0.3, 0.4) is 0 Å². The maximum absolute atomic E-state index is 11.6. The summed E-state index contributed by atoms with van der Waals surface area (Å²) >= 11 is 3.34. The molecule has 0 radical (unpaired) electrons. The summed E-state index contributed by atoms with van der Waals surface area (Å²) in [4.78, 5) is 11.6. The van der Waals surface area contributed by atoms with Gasteiger partial charge in [-0.2, -0.15) is 0 Å². The number of rotatable bonds is 0. The SMILES string of the molecule is C[C@H]1CNC(=O)c2ccc(Br)cc2O1. The average Bonchev–Trinajstić information content (AvgIpc) is 2.26. The van der Waals surface area contributed by atoms with Crippen molar-refractivity contribution in [1.29, 1.82) is 0 Å². The number of halogens is 1. The molecule has 0 unspecified atom stereocenters. The molecule has 0 aliphatic carbocycles. The van der Waals surface area contributed by atoms with E-state index in [0.29, 0.717) is 17.9 Å². The van der Waals surface area contributed by atoms with E-state index in [2.05, 4.69) is 21.2 Å². The van der Waals surface area contributed by atoms with Crippen LogP contribution >= 0.6 is 15.9 Å². The molecule has 0 fully saturated rings. The number of benzene rings is 1. The molecule has 1 heterocycles. The highest BCUT2D eigenvalue weighted by Gasteiger charge is 2.19. The zero-order valence-electron chi connectivity index (χ0n) is 7.71. The number of carbonyl (C=O) groups is 1. The second-order valence-corrected chi connectivity index (χ2v) is 4.19. The molecule has 1 aromatic rings. The lowest BCUT2D eigenvalue weighted by molar-refractivity contribution is 0.0952. The Balaban J connectivity index is 2.47. The predicted molar refractivity (Wildman–Crippen MR) is 56.6 cm³/mol. The van der Waals surface area contributed by atoms with Gasteiger partial charge in [-0.15, -0.1) is 0 Å². The van der Waals surface area contributed by atoms with E-state index < -0.39 is 0 Å². The fraction of sp³-hybridized carbons (Fsp3) is 0.300. The number of fused-ring (bicyclic) bond motifs is 1. The Hall–Kier alpha value is -1.03. The molecule has 1 aromatic carbocycles. The summed E-state index contributed by atoms with van der Waals surface area (Å²) in [6.07, 6.45) is 0.00880. The maximum Gasteiger partial charge on any atom is 0.255 e. The summed E-state index contributed by atoms with van der Waals surface area (Å²) in [5.41, 5.74) is 0.595. The van der Waals surface area contributed by atoms with Crippen molar-refractivity contribution in [3.05, 3.63) is 28.2 Å². The second-order valence-electron chi connectivity index (χ2n) is 3.28. The minimum atomic E-state index is -0.0724. The van der Waals surface area contributed by atoms with Crippen LogP contribution in [-0.2, 0) is 0 Å². The molecule has 2 rings (SSSR count). The Morgan fingerprint density at radius 2 is 2.36 bits per heavy atom. The first kappa shape index (κ1) is 9.52. The summed E-state index contributed by atoms with van der Waals surface area (Å²) in [5.74, 6) is 0.568. The average molecular weight is 256 g/mol. The molecule has 4 heteroatoms. The van der Waals surface area contributed by atoms with Gasteiger partial charge >= 0.3 is 0 Å². The second kappa shape index (κ2) is 3.61. The van der Waals surface area contributed by atoms with Gasteiger partial charge in [0.05, 0.1) is 12.1 Å². The van der Waals surface area contributed by atoms with Gasteiger partial charge in [0.25, 0.3) is 5.91 Å². The van der Waals surface area contributed by atoms with E-state index in [9.17, 15) is 4.79 Å². The number of carbonyl (C=O) groups excluding carboxylic acids is 1. The van der Waals surface area contributed by atoms with E-state index in [4.69, 9.17) is 4.74 Å². The van der Waals surface area contributed by atoms with Gasteiger partial charge in [-0.25, -0.2) is 0 Å². The topological polar surface area (TPSA) is 38.3 Å². The molecular weight excluding hydrogens is 246 g/mol. The monoisotopic (exact) mass is 255 g/mol. The van der Waals surface area contributed by atoms with Gasteiger partial charge in [-0.1, -0.05) is 15.9 Å². The van der Waals surface area contributed by atoms with Crippen molar-refractivity contribution >= 4 is 21.8 Å². The number of nitrogens with one attached hydrogen (secondary N) is 1. The fourth-order valence-corrected chi connectivity index (χ4v) is 1.71. The third kappa shape index (κ3) is 1.75. The number of hydrogen-bond acceptors (Lipinski definition) is 2. The maximum atomic E-state index is 11.6. The van der Waals surface area contributed by atoms with Crippen LogP contribution in [0.2, 0.25) is 0 Å². The van der Waals surface area contributed by atoms with Crippen molar-refractivity contribution in [3.8, 4) is 5.75 Å². The zero-order chi connectivity index (χ0) is 10.1. The highest BCUT2D eigenvalue weighted by atomic mass is 79.9. The minimum Gasteiger partial charge on any atom is -0.488 e. The number of amides is 1. The molecule has 1 amide bonds. The number of hydrogen-bond donors (Lipinski definition) is 1. The van der Waals surface area contributed by atoms with Crippen molar-refractivity contribution in [2.75, 3.05) is 6.54 Å². The van der Waals surface area contributed by atoms with Crippen LogP contribution in [-0.4, -0.2) is 18.6 Å². The Bertz CT molecular complexity index is 378. The Morgan fingerprint density at radius 3 is 3.14 bits per heavy atom. The number of ether oxygens (including phenoxy) is 1. The Labute approximate surface area is 90.6 Å². The van der Waals surface area contributed by atoms with Crippen molar-refractivity contribution in [3.63, 3.8) is 0 Å². The van der Waals surface area contributed by atoms with Crippen LogP contribution < -0.4 is 10.1 Å². The molecule has 3 nitrogen and oxygen atoms in total. The molecule has 1 N–H and O–H groups in total. The molecule has 14 heavy (non-hydrogen) atoms. The summed E-state index contributed by atoms with van der Waals surface area (Å²) < 4.78 is 6.51. The summed E-state index contributed by atoms with van der Waals surface area (Å²) in [6, 6.07) is 5.40. The van der Waals surface area contributed by atoms with Crippen LogP contribution in [0.5, 0.6) is 5.75 Å². The molecule has 0 spiro atoms. The van der Waals surface area contributed by atoms with Gasteiger partial charge in [0.1, 0.15) is 11.9 Å².